The van der Waals surface area contributed by atoms with E-state index in [4.69, 9.17) is 4.74 Å². The molecule has 130 valence electrons. The predicted molar refractivity (Wildman–Crippen MR) is 91.8 cm³/mol. The van der Waals surface area contributed by atoms with Gasteiger partial charge in [-0.3, -0.25) is 9.78 Å². The maximum Gasteiger partial charge on any atom is 0.251 e. The van der Waals surface area contributed by atoms with Gasteiger partial charge in [-0.15, -0.1) is 0 Å². The molecule has 1 spiro atoms. The minimum Gasteiger partial charge on any atom is -0.369 e. The van der Waals surface area contributed by atoms with E-state index >= 15 is 0 Å². The fourth-order valence-electron chi connectivity index (χ4n) is 4.13. The van der Waals surface area contributed by atoms with Crippen molar-refractivity contribution in [3.8, 4) is 0 Å². The van der Waals surface area contributed by atoms with E-state index in [1.54, 1.807) is 24.5 Å². The highest BCUT2D eigenvalue weighted by Crippen LogP contribution is 2.38. The van der Waals surface area contributed by atoms with E-state index < -0.39 is 0 Å². The summed E-state index contributed by atoms with van der Waals surface area (Å²) in [6.07, 6.45) is 10.8. The van der Waals surface area contributed by atoms with Crippen LogP contribution in [0.5, 0.6) is 0 Å². The summed E-state index contributed by atoms with van der Waals surface area (Å²) in [7, 11) is 0. The Morgan fingerprint density at radius 1 is 1.29 bits per heavy atom. The molecule has 1 aliphatic carbocycles. The topological polar surface area (TPSA) is 54.5 Å². The molecule has 2 atom stereocenters. The molecule has 4 rings (SSSR count). The van der Waals surface area contributed by atoms with Gasteiger partial charge >= 0.3 is 0 Å². The first kappa shape index (κ1) is 16.0. The first-order valence-corrected chi connectivity index (χ1v) is 9.31. The molecule has 1 N–H and O–H groups in total. The molecular formula is C19H27N3O2. The molecule has 0 unspecified atom stereocenters. The molecule has 1 amide bonds. The highest BCUT2D eigenvalue weighted by molar-refractivity contribution is 5.93. The second-order valence-electron chi connectivity index (χ2n) is 7.69. The van der Waals surface area contributed by atoms with Crippen LogP contribution in [-0.2, 0) is 4.74 Å². The molecule has 0 bridgehead atoms. The van der Waals surface area contributed by atoms with Crippen LogP contribution in [0.3, 0.4) is 0 Å². The number of aromatic nitrogens is 1. The third-order valence-corrected chi connectivity index (χ3v) is 5.62. The Hall–Kier alpha value is -1.46. The number of hydrogen-bond acceptors (Lipinski definition) is 4. The van der Waals surface area contributed by atoms with E-state index in [1.165, 1.54) is 38.8 Å². The lowest BCUT2D eigenvalue weighted by Crippen LogP contribution is -2.47. The monoisotopic (exact) mass is 329 g/mol. The van der Waals surface area contributed by atoms with E-state index in [2.05, 4.69) is 15.2 Å². The lowest BCUT2D eigenvalue weighted by atomic mass is 9.90. The second kappa shape index (κ2) is 6.81. The number of nitrogens with zero attached hydrogens (tertiary/aromatic N) is 2. The van der Waals surface area contributed by atoms with Crippen molar-refractivity contribution in [1.82, 2.24) is 15.2 Å². The van der Waals surface area contributed by atoms with E-state index in [-0.39, 0.29) is 17.6 Å². The molecule has 2 aliphatic heterocycles. The Bertz CT molecular complexity index is 575. The summed E-state index contributed by atoms with van der Waals surface area (Å²) >= 11 is 0. The molecule has 24 heavy (non-hydrogen) atoms. The van der Waals surface area contributed by atoms with Crippen molar-refractivity contribution in [2.24, 2.45) is 5.92 Å². The molecule has 3 aliphatic rings. The number of carbonyl (C=O) groups is 1. The first-order valence-electron chi connectivity index (χ1n) is 9.31. The van der Waals surface area contributed by atoms with Crippen LogP contribution in [0.2, 0.25) is 0 Å². The molecule has 5 nitrogen and oxygen atoms in total. The largest absolute Gasteiger partial charge is 0.369 e. The van der Waals surface area contributed by atoms with Crippen LogP contribution < -0.4 is 5.32 Å². The zero-order valence-electron chi connectivity index (χ0n) is 14.2. The maximum absolute atomic E-state index is 12.2. The van der Waals surface area contributed by atoms with Gasteiger partial charge in [0.1, 0.15) is 0 Å². The molecule has 3 fully saturated rings. The number of nitrogens with one attached hydrogen (secondary N) is 1. The molecule has 1 saturated carbocycles. The first-order chi connectivity index (χ1) is 11.7. The Labute approximate surface area is 143 Å². The highest BCUT2D eigenvalue weighted by atomic mass is 16.5. The summed E-state index contributed by atoms with van der Waals surface area (Å²) in [5, 5.41) is 3.02. The number of rotatable bonds is 5. The fraction of sp³-hybridized carbons (Fsp3) is 0.684. The normalized spacial score (nSPS) is 30.6. The predicted octanol–water partition coefficient (Wildman–Crippen LogP) is 2.23. The number of carbonyl (C=O) groups excluding carboxylic acids is 1. The summed E-state index contributed by atoms with van der Waals surface area (Å²) in [4.78, 5) is 18.7. The van der Waals surface area contributed by atoms with Gasteiger partial charge in [0.2, 0.25) is 0 Å². The van der Waals surface area contributed by atoms with Gasteiger partial charge in [-0.05, 0) is 56.6 Å². The van der Waals surface area contributed by atoms with Crippen LogP contribution in [0.15, 0.2) is 24.5 Å². The van der Waals surface area contributed by atoms with Gasteiger partial charge in [0.05, 0.1) is 11.7 Å². The van der Waals surface area contributed by atoms with Crippen LogP contribution >= 0.6 is 0 Å². The molecular weight excluding hydrogens is 302 g/mol. The van der Waals surface area contributed by atoms with Gasteiger partial charge in [-0.2, -0.15) is 0 Å². The molecule has 3 heterocycles. The summed E-state index contributed by atoms with van der Waals surface area (Å²) in [6, 6.07) is 3.48. The summed E-state index contributed by atoms with van der Waals surface area (Å²) in [6.45, 7) is 4.12. The number of amides is 1. The van der Waals surface area contributed by atoms with E-state index in [1.807, 2.05) is 0 Å². The van der Waals surface area contributed by atoms with Gasteiger partial charge in [0.15, 0.2) is 0 Å². The van der Waals surface area contributed by atoms with Crippen molar-refractivity contribution < 1.29 is 9.53 Å². The van der Waals surface area contributed by atoms with Gasteiger partial charge in [0, 0.05) is 44.1 Å². The lowest BCUT2D eigenvalue weighted by Gasteiger charge is -2.39. The van der Waals surface area contributed by atoms with Crippen molar-refractivity contribution in [1.29, 1.82) is 0 Å². The number of ether oxygens (including phenoxy) is 1. The zero-order valence-corrected chi connectivity index (χ0v) is 14.2. The Kier molecular flexibility index (Phi) is 4.55. The zero-order chi connectivity index (χ0) is 16.4. The third-order valence-electron chi connectivity index (χ3n) is 5.62. The summed E-state index contributed by atoms with van der Waals surface area (Å²) < 4.78 is 6.48. The smallest absolute Gasteiger partial charge is 0.251 e. The van der Waals surface area contributed by atoms with Crippen LogP contribution in [0.1, 0.15) is 48.9 Å². The SMILES string of the molecule is O=C(NC[C@@H]1CCC[C@]2(CCN(CC3CC3)C2)O1)c1ccncc1. The molecule has 0 aromatic carbocycles. The van der Waals surface area contributed by atoms with E-state index in [0.717, 1.165) is 25.3 Å². The summed E-state index contributed by atoms with van der Waals surface area (Å²) in [5.41, 5.74) is 0.700. The number of hydrogen-bond donors (Lipinski definition) is 1. The van der Waals surface area contributed by atoms with Crippen molar-refractivity contribution in [2.45, 2.75) is 50.2 Å². The van der Waals surface area contributed by atoms with Crippen LogP contribution in [-0.4, -0.2) is 53.7 Å². The van der Waals surface area contributed by atoms with Gasteiger partial charge in [0.25, 0.3) is 5.91 Å². The second-order valence-corrected chi connectivity index (χ2v) is 7.69. The summed E-state index contributed by atoms with van der Waals surface area (Å²) in [5.74, 6) is 0.904. The lowest BCUT2D eigenvalue weighted by molar-refractivity contribution is -0.118. The highest BCUT2D eigenvalue weighted by Gasteiger charge is 2.43. The van der Waals surface area contributed by atoms with Gasteiger partial charge in [-0.1, -0.05) is 0 Å². The van der Waals surface area contributed by atoms with Crippen LogP contribution in [0.4, 0.5) is 0 Å². The van der Waals surface area contributed by atoms with Crippen molar-refractivity contribution >= 4 is 5.91 Å². The minimum absolute atomic E-state index is 0.0394. The minimum atomic E-state index is -0.0394. The molecule has 0 radical (unpaired) electrons. The Morgan fingerprint density at radius 2 is 2.12 bits per heavy atom. The van der Waals surface area contributed by atoms with Crippen molar-refractivity contribution in [3.63, 3.8) is 0 Å². The standard InChI is InChI=1S/C19H27N3O2/c23-18(16-5-9-20-10-6-16)21-12-17-2-1-7-19(24-17)8-11-22(14-19)13-15-3-4-15/h5-6,9-10,15,17H,1-4,7-8,11-14H2,(H,21,23)/t17-,19+/m0/s1. The number of likely N-dealkylation sites (tertiary alicyclic amines) is 1. The van der Waals surface area contributed by atoms with E-state index in [0.29, 0.717) is 12.1 Å². The third kappa shape index (κ3) is 3.78. The molecule has 2 saturated heterocycles. The fourth-order valence-corrected chi connectivity index (χ4v) is 4.13. The molecule has 1 aromatic heterocycles. The Balaban J connectivity index is 1.28. The number of pyridine rings is 1. The van der Waals surface area contributed by atoms with Crippen LogP contribution in [0, 0.1) is 5.92 Å². The van der Waals surface area contributed by atoms with Crippen LogP contribution in [0.25, 0.3) is 0 Å². The van der Waals surface area contributed by atoms with Crippen molar-refractivity contribution in [2.75, 3.05) is 26.2 Å². The molecule has 5 heteroatoms. The maximum atomic E-state index is 12.2. The quantitative estimate of drug-likeness (QED) is 0.900. The molecule has 1 aromatic rings. The Morgan fingerprint density at radius 3 is 2.92 bits per heavy atom. The van der Waals surface area contributed by atoms with E-state index in [9.17, 15) is 4.79 Å². The average molecular weight is 329 g/mol. The van der Waals surface area contributed by atoms with Crippen molar-refractivity contribution in [3.05, 3.63) is 30.1 Å². The van der Waals surface area contributed by atoms with Gasteiger partial charge < -0.3 is 15.0 Å². The van der Waals surface area contributed by atoms with Gasteiger partial charge in [-0.25, -0.2) is 0 Å². The average Bonchev–Trinajstić information content (AvgIpc) is 3.35.